The first-order chi connectivity index (χ1) is 30.3. The molecule has 3 heteroatoms. The molecule has 0 saturated carbocycles. The van der Waals surface area contributed by atoms with E-state index < -0.39 is 0 Å². The number of anilines is 6. The first kappa shape index (κ1) is 36.0. The minimum atomic E-state index is 0.855. The number of nitrogens with zero attached hydrogens (tertiary/aromatic N) is 2. The van der Waals surface area contributed by atoms with E-state index >= 15 is 0 Å². The van der Waals surface area contributed by atoms with Gasteiger partial charge in [-0.05, 0) is 117 Å². The lowest BCUT2D eigenvalue weighted by molar-refractivity contribution is 0.488. The summed E-state index contributed by atoms with van der Waals surface area (Å²) in [6, 6.07) is 86.1. The second-order valence-electron chi connectivity index (χ2n) is 15.3. The molecule has 0 radical (unpaired) electrons. The molecule has 0 spiro atoms. The van der Waals surface area contributed by atoms with Crippen LogP contribution in [0.5, 0.6) is 11.5 Å². The van der Waals surface area contributed by atoms with Crippen molar-refractivity contribution < 1.29 is 4.74 Å². The second kappa shape index (κ2) is 15.6. The quantitative estimate of drug-likeness (QED) is 0.145. The summed E-state index contributed by atoms with van der Waals surface area (Å²) in [6.07, 6.45) is 0. The summed E-state index contributed by atoms with van der Waals surface area (Å²) < 4.78 is 6.92. The van der Waals surface area contributed by atoms with Gasteiger partial charge in [-0.2, -0.15) is 0 Å². The lowest BCUT2D eigenvalue weighted by Crippen LogP contribution is -2.12. The van der Waals surface area contributed by atoms with Crippen molar-refractivity contribution in [3.8, 4) is 56.0 Å². The zero-order valence-corrected chi connectivity index (χ0v) is 33.4. The molecule has 10 aromatic rings. The van der Waals surface area contributed by atoms with Crippen LogP contribution in [0.15, 0.2) is 243 Å². The fraction of sp³-hybridized carbons (Fsp3) is 0. The molecule has 0 bridgehead atoms. The third-order valence-corrected chi connectivity index (χ3v) is 11.7. The molecule has 0 atom stereocenters. The minimum absolute atomic E-state index is 0.855. The van der Waals surface area contributed by atoms with Crippen molar-refractivity contribution in [3.63, 3.8) is 0 Å². The van der Waals surface area contributed by atoms with Crippen LogP contribution >= 0.6 is 0 Å². The number of benzene rings is 10. The highest BCUT2D eigenvalue weighted by Gasteiger charge is 2.27. The van der Waals surface area contributed by atoms with E-state index in [1.165, 1.54) is 44.3 Å². The summed E-state index contributed by atoms with van der Waals surface area (Å²) in [5.41, 5.74) is 15.9. The van der Waals surface area contributed by atoms with Crippen LogP contribution in [0.1, 0.15) is 0 Å². The van der Waals surface area contributed by atoms with Gasteiger partial charge in [0, 0.05) is 39.4 Å². The Kier molecular flexibility index (Phi) is 9.18. The largest absolute Gasteiger partial charge is 0.454 e. The first-order valence-corrected chi connectivity index (χ1v) is 20.8. The molecule has 0 unspecified atom stereocenters. The first-order valence-electron chi connectivity index (χ1n) is 20.8. The van der Waals surface area contributed by atoms with Crippen molar-refractivity contribution in [2.45, 2.75) is 0 Å². The Balaban J connectivity index is 0.873. The van der Waals surface area contributed by atoms with E-state index in [4.69, 9.17) is 4.74 Å². The van der Waals surface area contributed by atoms with Gasteiger partial charge < -0.3 is 14.5 Å². The lowest BCUT2D eigenvalue weighted by Gasteiger charge is -2.30. The van der Waals surface area contributed by atoms with Crippen molar-refractivity contribution in [1.29, 1.82) is 0 Å². The number of ether oxygens (including phenoxy) is 1. The van der Waals surface area contributed by atoms with Gasteiger partial charge in [-0.1, -0.05) is 170 Å². The third kappa shape index (κ3) is 6.69. The molecule has 1 aliphatic rings. The maximum atomic E-state index is 6.92. The molecule has 1 heterocycles. The van der Waals surface area contributed by atoms with Crippen LogP contribution in [-0.4, -0.2) is 0 Å². The number of fused-ring (bicyclic) bond motifs is 2. The average molecular weight is 781 g/mol. The molecule has 0 aliphatic carbocycles. The second-order valence-corrected chi connectivity index (χ2v) is 15.3. The minimum Gasteiger partial charge on any atom is -0.454 e. The van der Waals surface area contributed by atoms with Gasteiger partial charge in [0.05, 0.1) is 5.69 Å². The fourth-order valence-electron chi connectivity index (χ4n) is 8.75. The highest BCUT2D eigenvalue weighted by atomic mass is 16.5. The van der Waals surface area contributed by atoms with E-state index in [-0.39, 0.29) is 0 Å². The molecule has 10 aromatic carbocycles. The van der Waals surface area contributed by atoms with Gasteiger partial charge in [-0.15, -0.1) is 0 Å². The highest BCUT2D eigenvalue weighted by molar-refractivity contribution is 6.11. The van der Waals surface area contributed by atoms with Crippen molar-refractivity contribution in [2.75, 3.05) is 9.80 Å². The Labute approximate surface area is 356 Å². The number of rotatable bonds is 9. The molecule has 0 N–H and O–H groups in total. The summed E-state index contributed by atoms with van der Waals surface area (Å²) in [4.78, 5) is 4.56. The summed E-state index contributed by atoms with van der Waals surface area (Å²) in [5, 5.41) is 2.31. The van der Waals surface area contributed by atoms with Crippen LogP contribution in [0, 0.1) is 0 Å². The zero-order chi connectivity index (χ0) is 40.5. The van der Waals surface area contributed by atoms with Gasteiger partial charge in [0.15, 0.2) is 5.75 Å². The van der Waals surface area contributed by atoms with Gasteiger partial charge in [0.25, 0.3) is 0 Å². The predicted molar refractivity (Wildman–Crippen MR) is 255 cm³/mol. The third-order valence-electron chi connectivity index (χ3n) is 11.7. The van der Waals surface area contributed by atoms with Crippen LogP contribution < -0.4 is 14.5 Å². The molecular formula is C58H40N2O. The molecule has 1 aliphatic heterocycles. The maximum Gasteiger partial charge on any atom is 0.159 e. The van der Waals surface area contributed by atoms with E-state index in [1.807, 2.05) is 0 Å². The molecular weight excluding hydrogens is 741 g/mol. The van der Waals surface area contributed by atoms with Crippen LogP contribution in [0.4, 0.5) is 34.1 Å². The summed E-state index contributed by atoms with van der Waals surface area (Å²) in [6.45, 7) is 0. The number of para-hydroxylation sites is 5. The average Bonchev–Trinajstić information content (AvgIpc) is 3.34. The molecule has 3 nitrogen and oxygen atoms in total. The Bertz CT molecular complexity index is 3030. The Hall–Kier alpha value is -8.14. The van der Waals surface area contributed by atoms with E-state index in [1.54, 1.807) is 0 Å². The van der Waals surface area contributed by atoms with Crippen molar-refractivity contribution >= 4 is 44.9 Å². The number of hydrogen-bond donors (Lipinski definition) is 0. The fourth-order valence-corrected chi connectivity index (χ4v) is 8.75. The van der Waals surface area contributed by atoms with Crippen LogP contribution in [-0.2, 0) is 0 Å². The topological polar surface area (TPSA) is 15.7 Å². The van der Waals surface area contributed by atoms with Crippen LogP contribution in [0.3, 0.4) is 0 Å². The highest BCUT2D eigenvalue weighted by Crippen LogP contribution is 2.53. The van der Waals surface area contributed by atoms with Crippen molar-refractivity contribution in [3.05, 3.63) is 243 Å². The van der Waals surface area contributed by atoms with Gasteiger partial charge in [-0.25, -0.2) is 0 Å². The van der Waals surface area contributed by atoms with Gasteiger partial charge >= 0.3 is 0 Å². The number of hydrogen-bond acceptors (Lipinski definition) is 3. The molecule has 0 fully saturated rings. The lowest BCUT2D eigenvalue weighted by atomic mass is 9.89. The van der Waals surface area contributed by atoms with Gasteiger partial charge in [-0.3, -0.25) is 0 Å². The van der Waals surface area contributed by atoms with Crippen LogP contribution in [0.2, 0.25) is 0 Å². The summed E-state index contributed by atoms with van der Waals surface area (Å²) in [7, 11) is 0. The predicted octanol–water partition coefficient (Wildman–Crippen LogP) is 16.6. The molecule has 288 valence electrons. The molecule has 61 heavy (non-hydrogen) atoms. The van der Waals surface area contributed by atoms with Crippen LogP contribution in [0.25, 0.3) is 55.3 Å². The Morgan fingerprint density at radius 1 is 0.262 bits per heavy atom. The summed E-state index contributed by atoms with van der Waals surface area (Å²) in [5.74, 6) is 1.72. The normalized spacial score (nSPS) is 11.4. The van der Waals surface area contributed by atoms with E-state index in [2.05, 4.69) is 252 Å². The van der Waals surface area contributed by atoms with Gasteiger partial charge in [0.2, 0.25) is 0 Å². The van der Waals surface area contributed by atoms with Gasteiger partial charge in [0.1, 0.15) is 5.75 Å². The molecule has 0 amide bonds. The summed E-state index contributed by atoms with van der Waals surface area (Å²) >= 11 is 0. The monoisotopic (exact) mass is 780 g/mol. The molecule has 11 rings (SSSR count). The Morgan fingerprint density at radius 2 is 0.672 bits per heavy atom. The smallest absolute Gasteiger partial charge is 0.159 e. The standard InChI is InChI=1S/C58H40N2O/c1-5-15-46(16-6-1)59(47-17-7-2-8-18-47)50-37-35-44(36-38-50)42-29-27-41(28-30-42)43-31-33-45(34-32-43)51-39-40-56-57-52(51)23-13-24-53(57)54-25-14-26-55(58(54)61-56)60(48-19-9-3-10-20-48)49-21-11-4-12-22-49/h1-40H. The maximum absolute atomic E-state index is 6.92. The van der Waals surface area contributed by atoms with E-state index in [0.29, 0.717) is 0 Å². The molecule has 0 aromatic heterocycles. The SMILES string of the molecule is c1ccc(N(c2ccccc2)c2ccc(-c3ccc(-c4ccc(-c5ccc6c7c(cccc57)-c5cccc(N(c7ccccc7)c7ccccc7)c5O6)cc4)cc3)cc2)cc1. The Morgan fingerprint density at radius 3 is 1.18 bits per heavy atom. The van der Waals surface area contributed by atoms with Crippen molar-refractivity contribution in [2.24, 2.45) is 0 Å². The zero-order valence-electron chi connectivity index (χ0n) is 33.4. The van der Waals surface area contributed by atoms with E-state index in [9.17, 15) is 0 Å². The molecule has 0 saturated heterocycles. The van der Waals surface area contributed by atoms with Crippen molar-refractivity contribution in [1.82, 2.24) is 0 Å². The van der Waals surface area contributed by atoms with E-state index in [0.717, 1.165) is 56.6 Å².